The molecule has 0 aromatic carbocycles. The van der Waals surface area contributed by atoms with Crippen molar-refractivity contribution in [2.75, 3.05) is 0 Å². The largest absolute Gasteiger partial charge is 0.481 e. The van der Waals surface area contributed by atoms with Crippen LogP contribution in [-0.4, -0.2) is 64.7 Å². The second-order valence-corrected chi connectivity index (χ2v) is 14.5. The molecule has 0 radical (unpaired) electrons. The van der Waals surface area contributed by atoms with Crippen LogP contribution in [0.5, 0.6) is 0 Å². The van der Waals surface area contributed by atoms with Gasteiger partial charge in [-0.1, -0.05) is 41.5 Å². The average molecular weight is 499 g/mol. The van der Waals surface area contributed by atoms with Crippen LogP contribution in [0, 0.1) is 17.8 Å². The maximum Gasteiger partial charge on any atom is 0.369 e. The van der Waals surface area contributed by atoms with Gasteiger partial charge in [0.1, 0.15) is 17.3 Å². The van der Waals surface area contributed by atoms with E-state index < -0.39 is 80.0 Å². The third-order valence-electron chi connectivity index (χ3n) is 6.70. The van der Waals surface area contributed by atoms with Gasteiger partial charge in [-0.2, -0.15) is 0 Å². The number of carbonyl (C=O) groups is 6. The maximum absolute atomic E-state index is 13.3. The van der Waals surface area contributed by atoms with Gasteiger partial charge in [0.2, 0.25) is 0 Å². The second-order valence-electron chi connectivity index (χ2n) is 10.7. The van der Waals surface area contributed by atoms with Crippen molar-refractivity contribution in [1.29, 1.82) is 0 Å². The molecule has 9 nitrogen and oxygen atoms in total. The smallest absolute Gasteiger partial charge is 0.369 e. The van der Waals surface area contributed by atoms with Crippen LogP contribution in [0.25, 0.3) is 0 Å². The van der Waals surface area contributed by atoms with E-state index in [0.717, 1.165) is 20.8 Å². The quantitative estimate of drug-likeness (QED) is 0.225. The van der Waals surface area contributed by atoms with Crippen LogP contribution < -0.4 is 0 Å². The van der Waals surface area contributed by atoms with E-state index in [1.165, 1.54) is 0 Å². The predicted molar refractivity (Wildman–Crippen MR) is 127 cm³/mol. The summed E-state index contributed by atoms with van der Waals surface area (Å²) in [5.41, 5.74) is 0. The molecule has 3 N–H and O–H groups in total. The zero-order chi connectivity index (χ0) is 27.4. The molecule has 0 heterocycles. The van der Waals surface area contributed by atoms with Gasteiger partial charge in [-0.3, -0.25) is 14.4 Å². The van der Waals surface area contributed by atoms with E-state index in [0.29, 0.717) is 0 Å². The van der Waals surface area contributed by atoms with Crippen LogP contribution in [0.15, 0.2) is 0 Å². The van der Waals surface area contributed by atoms with E-state index in [9.17, 15) is 44.1 Å². The topological polar surface area (TPSA) is 163 Å². The van der Waals surface area contributed by atoms with Crippen molar-refractivity contribution >= 4 is 49.4 Å². The molecular formula is C24H39AlO9. The predicted octanol–water partition coefficient (Wildman–Crippen LogP) is 3.86. The Morgan fingerprint density at radius 3 is 0.794 bits per heavy atom. The minimum Gasteiger partial charge on any atom is -0.481 e. The summed E-state index contributed by atoms with van der Waals surface area (Å²) in [6.07, 6.45) is -1.14. The van der Waals surface area contributed by atoms with Crippen molar-refractivity contribution in [2.24, 2.45) is 17.8 Å². The lowest BCUT2D eigenvalue weighted by Gasteiger charge is -2.49. The summed E-state index contributed by atoms with van der Waals surface area (Å²) in [5.74, 6) is -9.25. The van der Waals surface area contributed by atoms with E-state index in [1.54, 1.807) is 41.5 Å². The van der Waals surface area contributed by atoms with Crippen LogP contribution in [0.3, 0.4) is 0 Å². The number of rotatable bonds is 15. The molecule has 0 aliphatic heterocycles. The van der Waals surface area contributed by atoms with E-state index in [1.807, 2.05) is 0 Å². The molecule has 0 rings (SSSR count). The fourth-order valence-electron chi connectivity index (χ4n) is 5.67. The highest BCUT2D eigenvalue weighted by atomic mass is 27.2. The van der Waals surface area contributed by atoms with Gasteiger partial charge in [0, 0.05) is 0 Å². The second kappa shape index (κ2) is 11.6. The number of Topliss-reactive ketones (excluding diaryl/α,β-unsaturated/α-hetero) is 3. The Labute approximate surface area is 205 Å². The van der Waals surface area contributed by atoms with Crippen molar-refractivity contribution < 1.29 is 44.1 Å². The van der Waals surface area contributed by atoms with Gasteiger partial charge < -0.3 is 29.7 Å². The lowest BCUT2D eigenvalue weighted by Crippen LogP contribution is -2.66. The summed E-state index contributed by atoms with van der Waals surface area (Å²) < 4.78 is -7.44. The molecule has 0 saturated heterocycles. The standard InChI is InChI=1S/3C8H13O3.Al/c3*1-5(2)4-7(6(3)9)8(10)11;/h3*5H,4H2,1-3H3,(H,10,11);. The van der Waals surface area contributed by atoms with Crippen molar-refractivity contribution in [1.82, 2.24) is 0 Å². The minimum atomic E-state index is -4.35. The number of hydrogen-bond acceptors (Lipinski definition) is 6. The lowest BCUT2D eigenvalue weighted by atomic mass is 9.89. The van der Waals surface area contributed by atoms with Gasteiger partial charge in [0.25, 0.3) is 0 Å². The van der Waals surface area contributed by atoms with E-state index in [4.69, 9.17) is 0 Å². The first-order valence-electron chi connectivity index (χ1n) is 11.5. The SMILES string of the molecule is CC(=O)[C](CC(C)C)(C(=O)O)[Al]([C](CC(C)C)(C(C)=O)C(=O)O)[C](CC(C)C)(C(C)=O)C(=O)O. The molecule has 0 saturated carbocycles. The number of hydrogen-bond donors (Lipinski definition) is 3. The molecule has 0 amide bonds. The minimum absolute atomic E-state index is 0.380. The van der Waals surface area contributed by atoms with Gasteiger partial charge in [-0.25, -0.2) is 0 Å². The summed E-state index contributed by atoms with van der Waals surface area (Å²) in [7, 11) is 0. The molecule has 0 fully saturated rings. The number of carboxylic acid groups (broad SMARTS) is 3. The third-order valence-corrected chi connectivity index (χ3v) is 12.3. The molecule has 10 heteroatoms. The van der Waals surface area contributed by atoms with Gasteiger partial charge in [-0.15, -0.1) is 0 Å². The van der Waals surface area contributed by atoms with Crippen LogP contribution in [-0.2, 0) is 28.8 Å². The molecule has 0 bridgehead atoms. The molecule has 0 aromatic rings. The maximum atomic E-state index is 13.3. The number of carboxylic acids is 3. The molecule has 0 aliphatic carbocycles. The summed E-state index contributed by atoms with van der Waals surface area (Å²) in [6, 6.07) is 0. The molecule has 0 aliphatic rings. The fourth-order valence-corrected chi connectivity index (χ4v) is 12.3. The van der Waals surface area contributed by atoms with Gasteiger partial charge >= 0.3 is 32.1 Å². The monoisotopic (exact) mass is 498 g/mol. The normalized spacial score (nSPS) is 16.9. The van der Waals surface area contributed by atoms with Crippen LogP contribution in [0.2, 0.25) is 12.8 Å². The molecule has 3 unspecified atom stereocenters. The lowest BCUT2D eigenvalue weighted by molar-refractivity contribution is -0.147. The highest BCUT2D eigenvalue weighted by molar-refractivity contribution is 6.88. The molecule has 0 spiro atoms. The molecule has 0 aromatic heterocycles. The summed E-state index contributed by atoms with van der Waals surface area (Å²) in [5, 5.41) is 31.6. The van der Waals surface area contributed by atoms with Crippen LogP contribution >= 0.6 is 0 Å². The van der Waals surface area contributed by atoms with E-state index in [2.05, 4.69) is 0 Å². The first kappa shape index (κ1) is 32.0. The van der Waals surface area contributed by atoms with Crippen LogP contribution in [0.1, 0.15) is 81.6 Å². The Morgan fingerprint density at radius 2 is 0.706 bits per heavy atom. The van der Waals surface area contributed by atoms with Crippen molar-refractivity contribution in [3.63, 3.8) is 0 Å². The first-order valence-corrected chi connectivity index (χ1v) is 13.2. The van der Waals surface area contributed by atoms with Gasteiger partial charge in [0.05, 0.1) is 12.8 Å². The summed E-state index contributed by atoms with van der Waals surface area (Å²) in [6.45, 7) is 12.7. The highest BCUT2D eigenvalue weighted by Crippen LogP contribution is 2.62. The zero-order valence-corrected chi connectivity index (χ0v) is 22.9. The van der Waals surface area contributed by atoms with E-state index >= 15 is 0 Å². The highest BCUT2D eigenvalue weighted by Gasteiger charge is 2.77. The Hall–Kier alpha value is -2.05. The molecule has 34 heavy (non-hydrogen) atoms. The molecular weight excluding hydrogens is 459 g/mol. The number of carbonyl (C=O) groups excluding carboxylic acids is 3. The molecule has 3 atom stereocenters. The zero-order valence-electron chi connectivity index (χ0n) is 21.7. The number of ketones is 3. The Morgan fingerprint density at radius 1 is 0.529 bits per heavy atom. The Kier molecular flexibility index (Phi) is 10.9. The van der Waals surface area contributed by atoms with Crippen LogP contribution in [0.4, 0.5) is 0 Å². The van der Waals surface area contributed by atoms with Crippen molar-refractivity contribution in [2.45, 2.75) is 94.4 Å². The summed E-state index contributed by atoms with van der Waals surface area (Å²) in [4.78, 5) is 78.9. The van der Waals surface area contributed by atoms with Crippen molar-refractivity contribution in [3.05, 3.63) is 0 Å². The van der Waals surface area contributed by atoms with E-state index in [-0.39, 0.29) is 19.3 Å². The number of aliphatic carboxylic acids is 3. The third kappa shape index (κ3) is 5.60. The van der Waals surface area contributed by atoms with Crippen molar-refractivity contribution in [3.8, 4) is 0 Å². The average Bonchev–Trinajstić information content (AvgIpc) is 2.62. The Bertz CT molecular complexity index is 690. The first-order chi connectivity index (χ1) is 15.3. The Balaban J connectivity index is 8.48. The van der Waals surface area contributed by atoms with Gasteiger partial charge in [-0.05, 0) is 57.8 Å². The van der Waals surface area contributed by atoms with Gasteiger partial charge in [0.15, 0.2) is 0 Å². The fraction of sp³-hybridized carbons (Fsp3) is 0.750. The molecule has 192 valence electrons. The summed E-state index contributed by atoms with van der Waals surface area (Å²) >= 11 is -4.35.